The van der Waals surface area contributed by atoms with E-state index in [2.05, 4.69) is 10.1 Å². The van der Waals surface area contributed by atoms with E-state index in [1.54, 1.807) is 6.07 Å². The van der Waals surface area contributed by atoms with Crippen molar-refractivity contribution in [2.24, 2.45) is 0 Å². The van der Waals surface area contributed by atoms with E-state index in [4.69, 9.17) is 20.9 Å². The van der Waals surface area contributed by atoms with Gasteiger partial charge in [-0.2, -0.15) is 4.98 Å². The van der Waals surface area contributed by atoms with Gasteiger partial charge in [-0.05, 0) is 30.3 Å². The number of phenols is 1. The van der Waals surface area contributed by atoms with Crippen LogP contribution in [-0.2, 0) is 6.61 Å². The van der Waals surface area contributed by atoms with Crippen LogP contribution in [0.5, 0.6) is 11.5 Å². The Balaban J connectivity index is 1.76. The summed E-state index contributed by atoms with van der Waals surface area (Å²) in [5.41, 5.74) is 0.482. The summed E-state index contributed by atoms with van der Waals surface area (Å²) in [6, 6.07) is 13.9. The molecule has 0 saturated carbocycles. The Morgan fingerprint density at radius 1 is 1.14 bits per heavy atom. The molecule has 0 aliphatic carbocycles. The summed E-state index contributed by atoms with van der Waals surface area (Å²) in [7, 11) is 0. The van der Waals surface area contributed by atoms with Crippen LogP contribution >= 0.6 is 11.6 Å². The molecular weight excluding hydrogens is 292 g/mol. The van der Waals surface area contributed by atoms with E-state index in [-0.39, 0.29) is 18.2 Å². The molecule has 21 heavy (non-hydrogen) atoms. The molecule has 1 heterocycles. The van der Waals surface area contributed by atoms with Crippen molar-refractivity contribution in [3.05, 3.63) is 59.4 Å². The van der Waals surface area contributed by atoms with Crippen LogP contribution in [0.2, 0.25) is 5.02 Å². The van der Waals surface area contributed by atoms with Gasteiger partial charge in [0.2, 0.25) is 5.82 Å². The van der Waals surface area contributed by atoms with Crippen LogP contribution in [0.1, 0.15) is 5.82 Å². The zero-order valence-electron chi connectivity index (χ0n) is 10.9. The van der Waals surface area contributed by atoms with E-state index >= 15 is 0 Å². The summed E-state index contributed by atoms with van der Waals surface area (Å²) in [5.74, 6) is 1.43. The highest BCUT2D eigenvalue weighted by Gasteiger charge is 2.13. The number of phenolic OH excluding ortho intramolecular Hbond substituents is 1. The number of hydrogen-bond acceptors (Lipinski definition) is 5. The van der Waals surface area contributed by atoms with E-state index in [0.29, 0.717) is 16.4 Å². The Bertz CT molecular complexity index is 744. The number of para-hydroxylation sites is 1. The number of aromatic nitrogens is 2. The minimum atomic E-state index is 0.0784. The van der Waals surface area contributed by atoms with Crippen LogP contribution in [-0.4, -0.2) is 15.2 Å². The number of aromatic hydroxyl groups is 1. The number of rotatable bonds is 4. The minimum Gasteiger partial charge on any atom is -0.508 e. The molecule has 106 valence electrons. The van der Waals surface area contributed by atoms with Crippen molar-refractivity contribution in [1.82, 2.24) is 10.1 Å². The summed E-state index contributed by atoms with van der Waals surface area (Å²) in [4.78, 5) is 4.20. The second kappa shape index (κ2) is 5.85. The first-order valence-corrected chi connectivity index (χ1v) is 6.59. The number of halogens is 1. The van der Waals surface area contributed by atoms with Crippen molar-refractivity contribution in [3.8, 4) is 23.0 Å². The van der Waals surface area contributed by atoms with Crippen LogP contribution in [0.4, 0.5) is 0 Å². The predicted octanol–water partition coefficient (Wildman–Crippen LogP) is 3.67. The lowest BCUT2D eigenvalue weighted by Gasteiger charge is -2.01. The second-order valence-corrected chi connectivity index (χ2v) is 4.69. The fourth-order valence-electron chi connectivity index (χ4n) is 1.76. The minimum absolute atomic E-state index is 0.0784. The zero-order valence-corrected chi connectivity index (χ0v) is 11.6. The van der Waals surface area contributed by atoms with Gasteiger partial charge in [0.25, 0.3) is 5.89 Å². The molecule has 0 fully saturated rings. The molecule has 0 aliphatic rings. The normalized spacial score (nSPS) is 10.5. The molecule has 6 heteroatoms. The molecule has 0 atom stereocenters. The standard InChI is InChI=1S/C15H11ClN2O3/c16-13-7-6-10(19)8-12(13)15-17-14(18-21-15)9-20-11-4-2-1-3-5-11/h1-8,19H,9H2. The average molecular weight is 303 g/mol. The van der Waals surface area contributed by atoms with Gasteiger partial charge in [-0.15, -0.1) is 0 Å². The van der Waals surface area contributed by atoms with Crippen molar-refractivity contribution in [3.63, 3.8) is 0 Å². The second-order valence-electron chi connectivity index (χ2n) is 4.28. The van der Waals surface area contributed by atoms with Gasteiger partial charge in [0.05, 0.1) is 10.6 Å². The first-order chi connectivity index (χ1) is 10.2. The van der Waals surface area contributed by atoms with E-state index in [9.17, 15) is 5.11 Å². The van der Waals surface area contributed by atoms with E-state index in [1.807, 2.05) is 30.3 Å². The Morgan fingerprint density at radius 3 is 2.76 bits per heavy atom. The van der Waals surface area contributed by atoms with Crippen LogP contribution in [0, 0.1) is 0 Å². The summed E-state index contributed by atoms with van der Waals surface area (Å²) in [6.45, 7) is 0.184. The summed E-state index contributed by atoms with van der Waals surface area (Å²) in [5, 5.41) is 13.7. The number of ether oxygens (including phenoxy) is 1. The third-order valence-corrected chi connectivity index (χ3v) is 3.09. The molecule has 2 aromatic carbocycles. The maximum atomic E-state index is 9.48. The SMILES string of the molecule is Oc1ccc(Cl)c(-c2nc(COc3ccccc3)no2)c1. The first-order valence-electron chi connectivity index (χ1n) is 6.22. The van der Waals surface area contributed by atoms with Gasteiger partial charge in [-0.25, -0.2) is 0 Å². The predicted molar refractivity (Wildman–Crippen MR) is 77.2 cm³/mol. The van der Waals surface area contributed by atoms with Gasteiger partial charge >= 0.3 is 0 Å². The Hall–Kier alpha value is -2.53. The number of hydrogen-bond donors (Lipinski definition) is 1. The summed E-state index contributed by atoms with van der Waals surface area (Å²) < 4.78 is 10.7. The fourth-order valence-corrected chi connectivity index (χ4v) is 1.96. The topological polar surface area (TPSA) is 68.4 Å². The van der Waals surface area contributed by atoms with Crippen molar-refractivity contribution in [2.75, 3.05) is 0 Å². The molecule has 0 saturated heterocycles. The van der Waals surface area contributed by atoms with Crippen molar-refractivity contribution >= 4 is 11.6 Å². The highest BCUT2D eigenvalue weighted by molar-refractivity contribution is 6.33. The number of nitrogens with zero attached hydrogens (tertiary/aromatic N) is 2. The first kappa shape index (κ1) is 13.5. The van der Waals surface area contributed by atoms with Gasteiger partial charge in [-0.1, -0.05) is 35.0 Å². The Labute approximate surface area is 125 Å². The van der Waals surface area contributed by atoms with Crippen LogP contribution < -0.4 is 4.74 Å². The highest BCUT2D eigenvalue weighted by atomic mass is 35.5. The Kier molecular flexibility index (Phi) is 3.75. The molecule has 3 rings (SSSR count). The largest absolute Gasteiger partial charge is 0.508 e. The molecule has 3 aromatic rings. The molecule has 0 amide bonds. The van der Waals surface area contributed by atoms with Gasteiger partial charge in [-0.3, -0.25) is 0 Å². The van der Waals surface area contributed by atoms with Gasteiger partial charge < -0.3 is 14.4 Å². The fraction of sp³-hybridized carbons (Fsp3) is 0.0667. The number of benzene rings is 2. The lowest BCUT2D eigenvalue weighted by Crippen LogP contribution is -1.97. The molecule has 0 aliphatic heterocycles. The lowest BCUT2D eigenvalue weighted by atomic mass is 10.2. The quantitative estimate of drug-likeness (QED) is 0.796. The zero-order chi connectivity index (χ0) is 14.7. The van der Waals surface area contributed by atoms with E-state index in [1.165, 1.54) is 12.1 Å². The van der Waals surface area contributed by atoms with E-state index in [0.717, 1.165) is 5.75 Å². The van der Waals surface area contributed by atoms with Crippen molar-refractivity contribution in [1.29, 1.82) is 0 Å². The average Bonchev–Trinajstić information content (AvgIpc) is 2.97. The molecule has 1 aromatic heterocycles. The van der Waals surface area contributed by atoms with Crippen molar-refractivity contribution < 1.29 is 14.4 Å². The Morgan fingerprint density at radius 2 is 1.95 bits per heavy atom. The smallest absolute Gasteiger partial charge is 0.259 e. The molecule has 5 nitrogen and oxygen atoms in total. The van der Waals surface area contributed by atoms with Crippen LogP contribution in [0.15, 0.2) is 53.1 Å². The highest BCUT2D eigenvalue weighted by Crippen LogP contribution is 2.29. The van der Waals surface area contributed by atoms with Gasteiger partial charge in [0.15, 0.2) is 6.61 Å². The molecule has 0 bridgehead atoms. The monoisotopic (exact) mass is 302 g/mol. The van der Waals surface area contributed by atoms with Crippen LogP contribution in [0.3, 0.4) is 0 Å². The maximum Gasteiger partial charge on any atom is 0.259 e. The third-order valence-electron chi connectivity index (χ3n) is 2.76. The van der Waals surface area contributed by atoms with E-state index < -0.39 is 0 Å². The molecule has 0 unspecified atom stereocenters. The summed E-state index contributed by atoms with van der Waals surface area (Å²) in [6.07, 6.45) is 0. The summed E-state index contributed by atoms with van der Waals surface area (Å²) >= 11 is 6.04. The molecule has 1 N–H and O–H groups in total. The van der Waals surface area contributed by atoms with Gasteiger partial charge in [0.1, 0.15) is 11.5 Å². The van der Waals surface area contributed by atoms with Gasteiger partial charge in [0, 0.05) is 0 Å². The molecule has 0 spiro atoms. The van der Waals surface area contributed by atoms with Crippen molar-refractivity contribution in [2.45, 2.75) is 6.61 Å². The maximum absolute atomic E-state index is 9.48. The molecule has 0 radical (unpaired) electrons. The lowest BCUT2D eigenvalue weighted by molar-refractivity contribution is 0.287. The third kappa shape index (κ3) is 3.14. The van der Waals surface area contributed by atoms with Crippen LogP contribution in [0.25, 0.3) is 11.5 Å². The molecular formula is C15H11ClN2O3.